The Morgan fingerprint density at radius 2 is 1.81 bits per heavy atom. The van der Waals surface area contributed by atoms with Gasteiger partial charge in [-0.05, 0) is 36.4 Å². The molecule has 1 aromatic heterocycles. The molecule has 0 aliphatic rings. The van der Waals surface area contributed by atoms with Gasteiger partial charge < -0.3 is 11.1 Å². The van der Waals surface area contributed by atoms with Crippen LogP contribution in [-0.4, -0.2) is 16.7 Å². The van der Waals surface area contributed by atoms with E-state index in [0.29, 0.717) is 22.1 Å². The molecule has 0 radical (unpaired) electrons. The maximum absolute atomic E-state index is 11.9. The van der Waals surface area contributed by atoms with Crippen molar-refractivity contribution in [1.29, 1.82) is 0 Å². The van der Waals surface area contributed by atoms with Crippen LogP contribution in [0.1, 0.15) is 23.2 Å². The minimum atomic E-state index is -0.246. The molecule has 6 heteroatoms. The third kappa shape index (κ3) is 4.57. The first-order chi connectivity index (χ1) is 10.0. The topological polar surface area (TPSA) is 85.1 Å². The normalized spacial score (nSPS) is 10.1. The zero-order chi connectivity index (χ0) is 15.2. The van der Waals surface area contributed by atoms with E-state index in [9.17, 15) is 9.59 Å². The smallest absolute Gasteiger partial charge is 0.224 e. The Labute approximate surface area is 127 Å². The molecule has 5 nitrogen and oxygen atoms in total. The van der Waals surface area contributed by atoms with Crippen LogP contribution in [-0.2, 0) is 4.79 Å². The van der Waals surface area contributed by atoms with Gasteiger partial charge in [-0.2, -0.15) is 0 Å². The van der Waals surface area contributed by atoms with Crippen molar-refractivity contribution in [3.63, 3.8) is 0 Å². The summed E-state index contributed by atoms with van der Waals surface area (Å²) < 4.78 is 0. The van der Waals surface area contributed by atoms with E-state index >= 15 is 0 Å². The SMILES string of the molecule is Nc1ccc(NC(=O)CCC(=O)c2ccc(Cl)cc2)cn1. The lowest BCUT2D eigenvalue weighted by molar-refractivity contribution is -0.116. The summed E-state index contributed by atoms with van der Waals surface area (Å²) in [5.74, 6) is 0.0343. The molecule has 2 rings (SSSR count). The highest BCUT2D eigenvalue weighted by molar-refractivity contribution is 6.30. The Kier molecular flexibility index (Phi) is 4.90. The molecule has 0 saturated heterocycles. The molecule has 0 atom stereocenters. The van der Waals surface area contributed by atoms with Crippen LogP contribution in [0.4, 0.5) is 11.5 Å². The average Bonchev–Trinajstić information content (AvgIpc) is 2.48. The summed E-state index contributed by atoms with van der Waals surface area (Å²) in [4.78, 5) is 27.5. The molecule has 1 aromatic carbocycles. The first-order valence-electron chi connectivity index (χ1n) is 6.35. The highest BCUT2D eigenvalue weighted by atomic mass is 35.5. The summed E-state index contributed by atoms with van der Waals surface area (Å²) in [6, 6.07) is 9.83. The van der Waals surface area contributed by atoms with Crippen LogP contribution in [0.2, 0.25) is 5.02 Å². The second kappa shape index (κ2) is 6.85. The van der Waals surface area contributed by atoms with Gasteiger partial charge in [-0.15, -0.1) is 0 Å². The van der Waals surface area contributed by atoms with Crippen LogP contribution in [0.3, 0.4) is 0 Å². The lowest BCUT2D eigenvalue weighted by Gasteiger charge is -2.05. The number of hydrogen-bond donors (Lipinski definition) is 2. The van der Waals surface area contributed by atoms with Crippen molar-refractivity contribution in [3.8, 4) is 0 Å². The van der Waals surface area contributed by atoms with Crippen molar-refractivity contribution >= 4 is 34.8 Å². The lowest BCUT2D eigenvalue weighted by Crippen LogP contribution is -2.13. The molecule has 0 fully saturated rings. The number of pyridine rings is 1. The minimum Gasteiger partial charge on any atom is -0.384 e. The second-order valence-electron chi connectivity index (χ2n) is 4.45. The van der Waals surface area contributed by atoms with E-state index in [1.165, 1.54) is 6.20 Å². The van der Waals surface area contributed by atoms with Crippen molar-refractivity contribution in [2.24, 2.45) is 0 Å². The molecule has 0 aliphatic carbocycles. The van der Waals surface area contributed by atoms with Gasteiger partial charge in [-0.3, -0.25) is 9.59 Å². The van der Waals surface area contributed by atoms with E-state index in [4.69, 9.17) is 17.3 Å². The van der Waals surface area contributed by atoms with Gasteiger partial charge in [-0.25, -0.2) is 4.98 Å². The van der Waals surface area contributed by atoms with Gasteiger partial charge >= 0.3 is 0 Å². The first-order valence-corrected chi connectivity index (χ1v) is 6.72. The number of Topliss-reactive ketones (excluding diaryl/α,β-unsaturated/α-hetero) is 1. The standard InChI is InChI=1S/C15H14ClN3O2/c16-11-3-1-10(2-4-11)13(20)6-8-15(21)19-12-5-7-14(17)18-9-12/h1-5,7,9H,6,8H2,(H2,17,18)(H,19,21). The second-order valence-corrected chi connectivity index (χ2v) is 4.89. The molecule has 21 heavy (non-hydrogen) atoms. The van der Waals surface area contributed by atoms with Gasteiger partial charge in [0.05, 0.1) is 11.9 Å². The number of rotatable bonds is 5. The fraction of sp³-hybridized carbons (Fsp3) is 0.133. The third-order valence-electron chi connectivity index (χ3n) is 2.82. The fourth-order valence-electron chi connectivity index (χ4n) is 1.71. The summed E-state index contributed by atoms with van der Waals surface area (Å²) in [6.07, 6.45) is 1.70. The maximum atomic E-state index is 11.9. The predicted molar refractivity (Wildman–Crippen MR) is 82.3 cm³/mol. The number of hydrogen-bond acceptors (Lipinski definition) is 4. The summed E-state index contributed by atoms with van der Waals surface area (Å²) in [6.45, 7) is 0. The largest absolute Gasteiger partial charge is 0.384 e. The average molecular weight is 304 g/mol. The molecule has 0 bridgehead atoms. The number of amides is 1. The van der Waals surface area contributed by atoms with Gasteiger partial charge in [0, 0.05) is 23.4 Å². The highest BCUT2D eigenvalue weighted by Crippen LogP contribution is 2.13. The van der Waals surface area contributed by atoms with Crippen LogP contribution < -0.4 is 11.1 Å². The molecule has 2 aromatic rings. The number of carbonyl (C=O) groups is 2. The lowest BCUT2D eigenvalue weighted by atomic mass is 10.1. The number of benzene rings is 1. The molecular formula is C15H14ClN3O2. The zero-order valence-electron chi connectivity index (χ0n) is 11.2. The van der Waals surface area contributed by atoms with Crippen LogP contribution in [0.15, 0.2) is 42.6 Å². The Morgan fingerprint density at radius 3 is 2.43 bits per heavy atom. The number of nitrogens with one attached hydrogen (secondary N) is 1. The van der Waals surface area contributed by atoms with Crippen LogP contribution in [0.25, 0.3) is 0 Å². The molecule has 0 spiro atoms. The van der Waals surface area contributed by atoms with Gasteiger partial charge in [0.15, 0.2) is 5.78 Å². The Balaban J connectivity index is 1.84. The van der Waals surface area contributed by atoms with Crippen LogP contribution in [0.5, 0.6) is 0 Å². The molecule has 0 saturated carbocycles. The number of carbonyl (C=O) groups excluding carboxylic acids is 2. The summed E-state index contributed by atoms with van der Waals surface area (Å²) in [5.41, 5.74) is 6.55. The number of nitrogens with two attached hydrogens (primary N) is 1. The molecule has 108 valence electrons. The van der Waals surface area contributed by atoms with Crippen molar-refractivity contribution in [1.82, 2.24) is 4.98 Å². The zero-order valence-corrected chi connectivity index (χ0v) is 11.9. The van der Waals surface area contributed by atoms with Crippen molar-refractivity contribution < 1.29 is 9.59 Å². The summed E-state index contributed by atoms with van der Waals surface area (Å²) >= 11 is 5.76. The maximum Gasteiger partial charge on any atom is 0.224 e. The first kappa shape index (κ1) is 15.0. The van der Waals surface area contributed by atoms with Crippen molar-refractivity contribution in [2.75, 3.05) is 11.1 Å². The molecule has 1 amide bonds. The molecular weight excluding hydrogens is 290 g/mol. The molecule has 1 heterocycles. The van der Waals surface area contributed by atoms with E-state index in [0.717, 1.165) is 0 Å². The number of halogens is 1. The Hall–Kier alpha value is -2.40. The third-order valence-corrected chi connectivity index (χ3v) is 3.07. The number of nitrogen functional groups attached to an aromatic ring is 1. The Morgan fingerprint density at radius 1 is 1.10 bits per heavy atom. The summed E-state index contributed by atoms with van der Waals surface area (Å²) in [7, 11) is 0. The molecule has 3 N–H and O–H groups in total. The molecule has 0 aliphatic heterocycles. The van der Waals surface area contributed by atoms with Gasteiger partial charge in [0.2, 0.25) is 5.91 Å². The minimum absolute atomic E-state index is 0.0998. The van der Waals surface area contributed by atoms with Crippen LogP contribution >= 0.6 is 11.6 Å². The van der Waals surface area contributed by atoms with Crippen molar-refractivity contribution in [3.05, 3.63) is 53.2 Å². The molecule has 0 unspecified atom stereocenters. The monoisotopic (exact) mass is 303 g/mol. The van der Waals surface area contributed by atoms with Gasteiger partial charge in [0.1, 0.15) is 5.82 Å². The number of nitrogens with zero attached hydrogens (tertiary/aromatic N) is 1. The van der Waals surface area contributed by atoms with E-state index in [-0.39, 0.29) is 24.5 Å². The Bertz CT molecular complexity index is 639. The fourth-order valence-corrected chi connectivity index (χ4v) is 1.84. The number of ketones is 1. The number of aromatic nitrogens is 1. The predicted octanol–water partition coefficient (Wildman–Crippen LogP) is 2.92. The van der Waals surface area contributed by atoms with E-state index in [1.807, 2.05) is 0 Å². The van der Waals surface area contributed by atoms with Crippen molar-refractivity contribution in [2.45, 2.75) is 12.8 Å². The van der Waals surface area contributed by atoms with Crippen LogP contribution in [0, 0.1) is 0 Å². The van der Waals surface area contributed by atoms with Gasteiger partial charge in [0.25, 0.3) is 0 Å². The van der Waals surface area contributed by atoms with E-state index in [2.05, 4.69) is 10.3 Å². The summed E-state index contributed by atoms with van der Waals surface area (Å²) in [5, 5.41) is 3.22. The quantitative estimate of drug-likeness (QED) is 0.832. The van der Waals surface area contributed by atoms with Gasteiger partial charge in [-0.1, -0.05) is 11.6 Å². The van der Waals surface area contributed by atoms with E-state index in [1.54, 1.807) is 36.4 Å². The van der Waals surface area contributed by atoms with E-state index < -0.39 is 0 Å². The number of anilines is 2. The highest BCUT2D eigenvalue weighted by Gasteiger charge is 2.09.